The van der Waals surface area contributed by atoms with Gasteiger partial charge in [0.05, 0.1) is 26.2 Å². The molecule has 166 valence electrons. The molecular formula is C22H22N4O5S. The van der Waals surface area contributed by atoms with Crippen LogP contribution in [0.3, 0.4) is 0 Å². The third-order valence-corrected chi connectivity index (χ3v) is 6.92. The molecule has 2 aromatic carbocycles. The van der Waals surface area contributed by atoms with E-state index >= 15 is 0 Å². The molecule has 1 aliphatic carbocycles. The maximum absolute atomic E-state index is 13.2. The molecule has 0 radical (unpaired) electrons. The topological polar surface area (TPSA) is 108 Å². The Bertz CT molecular complexity index is 1350. The normalized spacial score (nSPS) is 13.9. The van der Waals surface area contributed by atoms with Crippen LogP contribution in [0.15, 0.2) is 58.2 Å². The van der Waals surface area contributed by atoms with Gasteiger partial charge in [0.15, 0.2) is 16.3 Å². The van der Waals surface area contributed by atoms with Crippen LogP contribution >= 0.6 is 0 Å². The minimum atomic E-state index is -4.07. The van der Waals surface area contributed by atoms with E-state index in [-0.39, 0.29) is 22.2 Å². The van der Waals surface area contributed by atoms with Gasteiger partial charge in [-0.25, -0.2) is 8.42 Å². The Labute approximate surface area is 185 Å². The first-order valence-corrected chi connectivity index (χ1v) is 11.6. The predicted molar refractivity (Wildman–Crippen MR) is 118 cm³/mol. The Morgan fingerprint density at radius 3 is 2.53 bits per heavy atom. The molecule has 0 atom stereocenters. The summed E-state index contributed by atoms with van der Waals surface area (Å²) in [5, 5.41) is 8.90. The lowest BCUT2D eigenvalue weighted by Gasteiger charge is -2.14. The van der Waals surface area contributed by atoms with Crippen LogP contribution in [-0.4, -0.2) is 37.6 Å². The second kappa shape index (κ2) is 7.86. The van der Waals surface area contributed by atoms with Crippen molar-refractivity contribution in [2.45, 2.75) is 30.2 Å². The molecule has 4 aromatic rings. The SMILES string of the molecule is COc1cccc(OC)c1S(=O)(=O)Nc1noc2cc(Cn3cccn3)c(C3CC3)cc12. The van der Waals surface area contributed by atoms with Gasteiger partial charge in [-0.1, -0.05) is 11.2 Å². The smallest absolute Gasteiger partial charge is 0.270 e. The largest absolute Gasteiger partial charge is 0.495 e. The van der Waals surface area contributed by atoms with Crippen molar-refractivity contribution in [3.05, 3.63) is 59.9 Å². The van der Waals surface area contributed by atoms with Crippen LogP contribution in [0.25, 0.3) is 11.0 Å². The van der Waals surface area contributed by atoms with E-state index in [9.17, 15) is 8.42 Å². The van der Waals surface area contributed by atoms with Gasteiger partial charge in [0.1, 0.15) is 11.5 Å². The quantitative estimate of drug-likeness (QED) is 0.432. The van der Waals surface area contributed by atoms with Crippen LogP contribution in [0, 0.1) is 0 Å². The number of ether oxygens (including phenoxy) is 2. The second-order valence-electron chi connectivity index (χ2n) is 7.65. The van der Waals surface area contributed by atoms with E-state index in [0.717, 1.165) is 24.0 Å². The maximum Gasteiger partial charge on any atom is 0.270 e. The number of methoxy groups -OCH3 is 2. The molecule has 0 amide bonds. The fraction of sp³-hybridized carbons (Fsp3) is 0.273. The standard InChI is InChI=1S/C22H22N4O5S/c1-29-18-5-3-6-19(30-2)21(18)32(27,28)25-22-17-12-16(14-7-8-14)15(11-20(17)31-24-22)13-26-10-4-9-23-26/h3-6,9-12,14H,7-8,13H2,1-2H3,(H,24,25). The van der Waals surface area contributed by atoms with Gasteiger partial charge < -0.3 is 14.0 Å². The maximum atomic E-state index is 13.2. The van der Waals surface area contributed by atoms with Crippen molar-refractivity contribution in [1.82, 2.24) is 14.9 Å². The molecule has 1 saturated carbocycles. The first-order valence-electron chi connectivity index (χ1n) is 10.1. The van der Waals surface area contributed by atoms with Gasteiger partial charge >= 0.3 is 0 Å². The van der Waals surface area contributed by atoms with Crippen molar-refractivity contribution in [2.75, 3.05) is 18.9 Å². The highest BCUT2D eigenvalue weighted by Crippen LogP contribution is 2.44. The van der Waals surface area contributed by atoms with E-state index in [0.29, 0.717) is 23.4 Å². The summed E-state index contributed by atoms with van der Waals surface area (Å²) in [7, 11) is -1.26. The first kappa shape index (κ1) is 20.4. The molecule has 1 fully saturated rings. The lowest BCUT2D eigenvalue weighted by atomic mass is 10.0. The predicted octanol–water partition coefficient (Wildman–Crippen LogP) is 3.77. The molecule has 9 nitrogen and oxygen atoms in total. The molecule has 1 N–H and O–H groups in total. The molecule has 0 aliphatic heterocycles. The summed E-state index contributed by atoms with van der Waals surface area (Å²) in [5.41, 5.74) is 2.74. The van der Waals surface area contributed by atoms with Gasteiger partial charge in [0, 0.05) is 12.4 Å². The number of rotatable bonds is 8. The fourth-order valence-corrected chi connectivity index (χ4v) is 5.19. The minimum Gasteiger partial charge on any atom is -0.495 e. The molecule has 2 aromatic heterocycles. The van der Waals surface area contributed by atoms with Crippen LogP contribution in [0.4, 0.5) is 5.82 Å². The first-order chi connectivity index (χ1) is 15.5. The molecule has 0 unspecified atom stereocenters. The van der Waals surface area contributed by atoms with Crippen LogP contribution < -0.4 is 14.2 Å². The number of sulfonamides is 1. The zero-order valence-electron chi connectivity index (χ0n) is 17.6. The lowest BCUT2D eigenvalue weighted by molar-refractivity contribution is 0.373. The van der Waals surface area contributed by atoms with Gasteiger partial charge in [-0.15, -0.1) is 0 Å². The Hall–Kier alpha value is -3.53. The molecular weight excluding hydrogens is 432 g/mol. The summed E-state index contributed by atoms with van der Waals surface area (Å²) in [6, 6.07) is 10.5. The van der Waals surface area contributed by atoms with Crippen LogP contribution in [-0.2, 0) is 16.6 Å². The Morgan fingerprint density at radius 2 is 1.91 bits per heavy atom. The Kier molecular flexibility index (Phi) is 5.01. The zero-order chi connectivity index (χ0) is 22.3. The number of fused-ring (bicyclic) bond motifs is 1. The van der Waals surface area contributed by atoms with E-state index in [1.54, 1.807) is 24.4 Å². The summed E-state index contributed by atoms with van der Waals surface area (Å²) in [6.07, 6.45) is 5.84. The third kappa shape index (κ3) is 3.66. The third-order valence-electron chi connectivity index (χ3n) is 5.52. The van der Waals surface area contributed by atoms with E-state index in [4.69, 9.17) is 14.0 Å². The lowest BCUT2D eigenvalue weighted by Crippen LogP contribution is -2.15. The molecule has 1 aliphatic rings. The van der Waals surface area contributed by atoms with Gasteiger partial charge in [-0.2, -0.15) is 5.10 Å². The van der Waals surface area contributed by atoms with Crippen LogP contribution in [0.2, 0.25) is 0 Å². The van der Waals surface area contributed by atoms with Crippen molar-refractivity contribution >= 4 is 26.8 Å². The Morgan fingerprint density at radius 1 is 1.16 bits per heavy atom. The highest BCUT2D eigenvalue weighted by molar-refractivity contribution is 7.93. The van der Waals surface area contributed by atoms with E-state index < -0.39 is 10.0 Å². The minimum absolute atomic E-state index is 0.0983. The van der Waals surface area contributed by atoms with Crippen molar-refractivity contribution in [3.63, 3.8) is 0 Å². The Balaban J connectivity index is 1.55. The van der Waals surface area contributed by atoms with Gasteiger partial charge in [0.2, 0.25) is 0 Å². The van der Waals surface area contributed by atoms with Crippen molar-refractivity contribution in [3.8, 4) is 11.5 Å². The number of nitrogens with zero attached hydrogens (tertiary/aromatic N) is 3. The summed E-state index contributed by atoms with van der Waals surface area (Å²) in [5.74, 6) is 0.911. The van der Waals surface area contributed by atoms with Crippen molar-refractivity contribution in [2.24, 2.45) is 0 Å². The molecule has 32 heavy (non-hydrogen) atoms. The average molecular weight is 455 g/mol. The van der Waals surface area contributed by atoms with Crippen LogP contribution in [0.1, 0.15) is 29.9 Å². The number of aromatic nitrogens is 3. The molecule has 5 rings (SSSR count). The summed E-state index contributed by atoms with van der Waals surface area (Å²) in [6.45, 7) is 0.606. The molecule has 0 spiro atoms. The number of anilines is 1. The number of nitrogens with one attached hydrogen (secondary N) is 1. The number of hydrogen-bond donors (Lipinski definition) is 1. The monoisotopic (exact) mass is 454 g/mol. The number of hydrogen-bond acceptors (Lipinski definition) is 7. The molecule has 0 bridgehead atoms. The highest BCUT2D eigenvalue weighted by Gasteiger charge is 2.30. The molecule has 0 saturated heterocycles. The van der Waals surface area contributed by atoms with Gasteiger partial charge in [-0.05, 0) is 60.2 Å². The fourth-order valence-electron chi connectivity index (χ4n) is 3.86. The average Bonchev–Trinajstić information content (AvgIpc) is 3.38. The van der Waals surface area contributed by atoms with Crippen molar-refractivity contribution < 1.29 is 22.4 Å². The summed E-state index contributed by atoms with van der Waals surface area (Å²) >= 11 is 0. The summed E-state index contributed by atoms with van der Waals surface area (Å²) in [4.78, 5) is -0.0983. The van der Waals surface area contributed by atoms with Gasteiger partial charge in [-0.3, -0.25) is 9.40 Å². The van der Waals surface area contributed by atoms with E-state index in [1.165, 1.54) is 14.2 Å². The van der Waals surface area contributed by atoms with E-state index in [2.05, 4.69) is 15.0 Å². The van der Waals surface area contributed by atoms with Crippen LogP contribution in [0.5, 0.6) is 11.5 Å². The molecule has 10 heteroatoms. The second-order valence-corrected chi connectivity index (χ2v) is 9.27. The summed E-state index contributed by atoms with van der Waals surface area (Å²) < 4.78 is 46.9. The van der Waals surface area contributed by atoms with Crippen molar-refractivity contribution in [1.29, 1.82) is 0 Å². The van der Waals surface area contributed by atoms with Gasteiger partial charge in [0.25, 0.3) is 10.0 Å². The van der Waals surface area contributed by atoms with E-state index in [1.807, 2.05) is 29.1 Å². The molecule has 2 heterocycles. The zero-order valence-corrected chi connectivity index (χ0v) is 18.4. The number of benzene rings is 2. The highest BCUT2D eigenvalue weighted by atomic mass is 32.2.